The molecule has 0 aromatic carbocycles. The van der Waals surface area contributed by atoms with E-state index in [2.05, 4.69) is 92.1 Å². The van der Waals surface area contributed by atoms with Gasteiger partial charge in [0.2, 0.25) is 5.91 Å². The monoisotopic (exact) mass is 1490 g/mol. The lowest BCUT2D eigenvalue weighted by Crippen LogP contribution is -2.65. The van der Waals surface area contributed by atoms with E-state index < -0.39 is 86.8 Å². The molecule has 0 saturated carbocycles. The lowest BCUT2D eigenvalue weighted by atomic mass is 9.97. The second-order valence-corrected chi connectivity index (χ2v) is 31.3. The Morgan fingerprint density at radius 3 is 1.04 bits per heavy atom. The first-order chi connectivity index (χ1) is 52.1. The van der Waals surface area contributed by atoms with Gasteiger partial charge in [-0.25, -0.2) is 0 Å². The highest BCUT2D eigenvalue weighted by Crippen LogP contribution is 2.31. The minimum atomic E-state index is -1.79. The summed E-state index contributed by atoms with van der Waals surface area (Å²) < 4.78 is 22.9. The Balaban J connectivity index is 1.56. The molecule has 2 fully saturated rings. The molecule has 14 heteroatoms. The highest BCUT2D eigenvalue weighted by molar-refractivity contribution is 5.76. The van der Waals surface area contributed by atoms with Gasteiger partial charge in [0, 0.05) is 6.42 Å². The second-order valence-electron chi connectivity index (χ2n) is 31.3. The van der Waals surface area contributed by atoms with Gasteiger partial charge in [0.05, 0.1) is 32.0 Å². The summed E-state index contributed by atoms with van der Waals surface area (Å²) in [6.45, 7) is 2.73. The number of hydrogen-bond donors (Lipinski definition) is 9. The molecular weight excluding hydrogens is 1330 g/mol. The molecule has 0 aromatic heterocycles. The Morgan fingerprint density at radius 2 is 0.660 bits per heavy atom. The molecule has 0 spiro atoms. The van der Waals surface area contributed by atoms with Gasteiger partial charge in [0.1, 0.15) is 48.8 Å². The van der Waals surface area contributed by atoms with Crippen LogP contribution < -0.4 is 5.32 Å². The molecule has 2 heterocycles. The number of hydrogen-bond acceptors (Lipinski definition) is 13. The van der Waals surface area contributed by atoms with Crippen LogP contribution in [0.4, 0.5) is 0 Å². The van der Waals surface area contributed by atoms with E-state index in [0.717, 1.165) is 64.2 Å². The molecule has 12 atom stereocenters. The molecule has 9 N–H and O–H groups in total. The topological polar surface area (TPSA) is 228 Å². The van der Waals surface area contributed by atoms with E-state index in [1.54, 1.807) is 6.08 Å². The molecule has 0 aliphatic carbocycles. The van der Waals surface area contributed by atoms with Crippen molar-refractivity contribution in [2.45, 2.75) is 473 Å². The molecule has 2 aliphatic heterocycles. The van der Waals surface area contributed by atoms with Crippen LogP contribution in [0.5, 0.6) is 0 Å². The van der Waals surface area contributed by atoms with Crippen LogP contribution in [0.1, 0.15) is 399 Å². The van der Waals surface area contributed by atoms with E-state index in [1.807, 2.05) is 6.08 Å². The molecule has 2 saturated heterocycles. The molecular formula is C92H167NO13. The van der Waals surface area contributed by atoms with Crippen molar-refractivity contribution in [1.29, 1.82) is 0 Å². The van der Waals surface area contributed by atoms with Crippen molar-refractivity contribution in [1.82, 2.24) is 5.32 Å². The number of rotatable bonds is 76. The average molecular weight is 1500 g/mol. The molecule has 2 rings (SSSR count). The zero-order chi connectivity index (χ0) is 76.5. The van der Waals surface area contributed by atoms with E-state index in [4.69, 9.17) is 18.9 Å². The summed E-state index contributed by atoms with van der Waals surface area (Å²) in [5.74, 6) is -0.242. The van der Waals surface area contributed by atoms with Crippen LogP contribution in [0.25, 0.3) is 0 Å². The summed E-state index contributed by atoms with van der Waals surface area (Å²) in [6, 6.07) is -0.935. The zero-order valence-electron chi connectivity index (χ0n) is 68.2. The normalized spacial score (nSPS) is 21.7. The van der Waals surface area contributed by atoms with Gasteiger partial charge in [-0.05, 0) is 77.0 Å². The maximum Gasteiger partial charge on any atom is 0.220 e. The fourth-order valence-electron chi connectivity index (χ4n) is 14.6. The SMILES string of the molecule is CC/C=C\C/C=C\C/C=C\C/C=C\C/C=C\CCCCCCCCCCCCCCCCCCCCCCCCCCCC(=O)NC(COC1OC(CO)C(OC2OC(CO)C(O)C(O)C2O)C(O)C1O)C(O)/C=C/CC/C=C/CCCCCCCCCCCCCCCCCCCCCCCCCCC. The maximum absolute atomic E-state index is 13.4. The van der Waals surface area contributed by atoms with Crippen LogP contribution in [-0.4, -0.2) is 140 Å². The number of ether oxygens (including phenoxy) is 4. The fourth-order valence-corrected chi connectivity index (χ4v) is 14.6. The number of carbonyl (C=O) groups is 1. The maximum atomic E-state index is 13.4. The van der Waals surface area contributed by atoms with Crippen LogP contribution in [0.3, 0.4) is 0 Å². The van der Waals surface area contributed by atoms with Crippen molar-refractivity contribution in [2.75, 3.05) is 19.8 Å². The minimum Gasteiger partial charge on any atom is -0.394 e. The third kappa shape index (κ3) is 56.4. The number of nitrogens with one attached hydrogen (secondary N) is 1. The molecule has 618 valence electrons. The standard InChI is InChI=1S/C92H167NO13/c1-3-5-7-9-11-13-15-17-19-21-23-25-27-29-31-33-35-36-37-38-39-40-41-42-43-44-46-48-50-52-54-56-58-60-62-64-66-68-70-72-74-76-84(97)93-80(79-103-91-89(102)87(100)90(83(78-95)105-91)106-92-88(101)86(99)85(98)82(77-94)104-92)81(96)75-73-71-69-67-65-63-61-59-57-55-53-51-49-47-45-34-32-30-28-26-24-22-20-18-16-14-12-10-8-6-4-2/h5,7,11,13,17,19,23,25,29,31,65,67,73,75,80-83,85-92,94-96,98-102H,3-4,6,8-10,12,14-16,18,20-22,24,26-28,30,32-64,66,68-72,74,76-79H2,1-2H3,(H,93,97)/b7-5-,13-11-,19-17-,25-23-,31-29-,67-65+,75-73+. The average Bonchev–Trinajstić information content (AvgIpc) is 0.790. The quantitative estimate of drug-likeness (QED) is 0.0204. The molecule has 106 heavy (non-hydrogen) atoms. The second kappa shape index (κ2) is 74.9. The number of allylic oxidation sites excluding steroid dienone is 13. The Labute approximate surface area is 650 Å². The number of amides is 1. The van der Waals surface area contributed by atoms with Crippen molar-refractivity contribution >= 4 is 5.91 Å². The third-order valence-electron chi connectivity index (χ3n) is 21.6. The van der Waals surface area contributed by atoms with Gasteiger partial charge < -0.3 is 65.1 Å². The Morgan fingerprint density at radius 1 is 0.349 bits per heavy atom. The van der Waals surface area contributed by atoms with Gasteiger partial charge >= 0.3 is 0 Å². The number of aliphatic hydroxyl groups is 8. The Bertz CT molecular complexity index is 2110. The third-order valence-corrected chi connectivity index (χ3v) is 21.6. The van der Waals surface area contributed by atoms with E-state index in [-0.39, 0.29) is 18.9 Å². The molecule has 0 bridgehead atoms. The van der Waals surface area contributed by atoms with Gasteiger partial charge in [-0.2, -0.15) is 0 Å². The summed E-state index contributed by atoms with van der Waals surface area (Å²) in [5, 5.41) is 87.8. The number of aliphatic hydroxyl groups excluding tert-OH is 8. The predicted octanol–water partition coefficient (Wildman–Crippen LogP) is 21.8. The van der Waals surface area contributed by atoms with Crippen LogP contribution in [0.2, 0.25) is 0 Å². The van der Waals surface area contributed by atoms with Crippen molar-refractivity contribution in [3.63, 3.8) is 0 Å². The molecule has 0 radical (unpaired) electrons. The van der Waals surface area contributed by atoms with Gasteiger partial charge in [-0.15, -0.1) is 0 Å². The molecule has 0 aromatic rings. The lowest BCUT2D eigenvalue weighted by Gasteiger charge is -2.46. The number of carbonyl (C=O) groups excluding carboxylic acids is 1. The van der Waals surface area contributed by atoms with Crippen LogP contribution >= 0.6 is 0 Å². The first kappa shape index (κ1) is 99.2. The summed E-state index contributed by atoms with van der Waals surface area (Å²) in [5.41, 5.74) is 0. The van der Waals surface area contributed by atoms with Gasteiger partial charge in [0.25, 0.3) is 0 Å². The lowest BCUT2D eigenvalue weighted by molar-refractivity contribution is -0.359. The van der Waals surface area contributed by atoms with Gasteiger partial charge in [0.15, 0.2) is 12.6 Å². The fraction of sp³-hybridized carbons (Fsp3) is 0.837. The predicted molar refractivity (Wildman–Crippen MR) is 443 cm³/mol. The first-order valence-electron chi connectivity index (χ1n) is 44.8. The molecule has 2 aliphatic rings. The summed E-state index contributed by atoms with van der Waals surface area (Å²) in [6.07, 6.45) is 89.9. The minimum absolute atomic E-state index is 0.242. The Kier molecular flexibility index (Phi) is 70.1. The van der Waals surface area contributed by atoms with Crippen molar-refractivity contribution in [2.24, 2.45) is 0 Å². The Hall–Kier alpha value is -2.83. The van der Waals surface area contributed by atoms with E-state index in [0.29, 0.717) is 12.8 Å². The largest absolute Gasteiger partial charge is 0.394 e. The molecule has 12 unspecified atom stereocenters. The molecule has 14 nitrogen and oxygen atoms in total. The zero-order valence-corrected chi connectivity index (χ0v) is 68.2. The van der Waals surface area contributed by atoms with Crippen LogP contribution in [-0.2, 0) is 23.7 Å². The summed E-state index contributed by atoms with van der Waals surface area (Å²) in [4.78, 5) is 13.4. The van der Waals surface area contributed by atoms with Gasteiger partial charge in [-0.3, -0.25) is 4.79 Å². The van der Waals surface area contributed by atoms with E-state index >= 15 is 0 Å². The first-order valence-corrected chi connectivity index (χ1v) is 44.8. The van der Waals surface area contributed by atoms with Crippen molar-refractivity contribution < 1.29 is 64.6 Å². The highest BCUT2D eigenvalue weighted by atomic mass is 16.7. The molecule has 1 amide bonds. The van der Waals surface area contributed by atoms with E-state index in [1.165, 1.54) is 302 Å². The van der Waals surface area contributed by atoms with Crippen molar-refractivity contribution in [3.8, 4) is 0 Å². The summed E-state index contributed by atoms with van der Waals surface area (Å²) >= 11 is 0. The van der Waals surface area contributed by atoms with Crippen LogP contribution in [0, 0.1) is 0 Å². The highest BCUT2D eigenvalue weighted by Gasteiger charge is 2.51. The summed E-state index contributed by atoms with van der Waals surface area (Å²) in [7, 11) is 0. The van der Waals surface area contributed by atoms with E-state index in [9.17, 15) is 45.6 Å². The van der Waals surface area contributed by atoms with Crippen LogP contribution in [0.15, 0.2) is 85.1 Å². The van der Waals surface area contributed by atoms with Gasteiger partial charge in [-0.1, -0.05) is 401 Å². The smallest absolute Gasteiger partial charge is 0.220 e. The number of unbranched alkanes of at least 4 members (excludes halogenated alkanes) is 51. The van der Waals surface area contributed by atoms with Crippen molar-refractivity contribution in [3.05, 3.63) is 85.1 Å².